The van der Waals surface area contributed by atoms with Crippen LogP contribution in [0.3, 0.4) is 0 Å². The number of rotatable bonds is 2. The van der Waals surface area contributed by atoms with E-state index in [0.29, 0.717) is 17.1 Å². The molecule has 5 rings (SSSR count). The van der Waals surface area contributed by atoms with Gasteiger partial charge in [-0.15, -0.1) is 11.3 Å². The standard InChI is InChI=1S/C19H20N6OS/c1-24-5-7-25(8-6-24)11-2-3-13-14(10-11)22-17(21-13)15-16(20)12-4-9-27-19(12)23-18(15)26/h2-4,9-10H,5-8H2,1H3,(H,21,22)(H3,20,23,26). The number of fused-ring (bicyclic) bond motifs is 2. The van der Waals surface area contributed by atoms with E-state index < -0.39 is 0 Å². The predicted octanol–water partition coefficient (Wildman–Crippen LogP) is 2.47. The zero-order chi connectivity index (χ0) is 18.5. The summed E-state index contributed by atoms with van der Waals surface area (Å²) in [4.78, 5) is 28.9. The van der Waals surface area contributed by atoms with Crippen LogP contribution in [-0.4, -0.2) is 53.1 Å². The number of H-pyrrole nitrogens is 2. The average molecular weight is 380 g/mol. The first kappa shape index (κ1) is 16.3. The fourth-order valence-electron chi connectivity index (χ4n) is 3.65. The van der Waals surface area contributed by atoms with Crippen LogP contribution in [0.15, 0.2) is 34.4 Å². The number of nitrogen functional groups attached to an aromatic ring is 1. The van der Waals surface area contributed by atoms with Crippen LogP contribution < -0.4 is 16.2 Å². The lowest BCUT2D eigenvalue weighted by Crippen LogP contribution is -2.44. The lowest BCUT2D eigenvalue weighted by molar-refractivity contribution is 0.313. The summed E-state index contributed by atoms with van der Waals surface area (Å²) >= 11 is 1.47. The van der Waals surface area contributed by atoms with E-state index in [1.165, 1.54) is 11.3 Å². The number of aromatic nitrogens is 3. The number of likely N-dealkylation sites (N-methyl/N-ethyl adjacent to an activating group) is 1. The van der Waals surface area contributed by atoms with E-state index in [-0.39, 0.29) is 5.56 Å². The molecule has 1 aliphatic heterocycles. The van der Waals surface area contributed by atoms with Crippen LogP contribution >= 0.6 is 11.3 Å². The summed E-state index contributed by atoms with van der Waals surface area (Å²) in [6.07, 6.45) is 0. The Morgan fingerprint density at radius 3 is 2.78 bits per heavy atom. The van der Waals surface area contributed by atoms with Crippen LogP contribution in [0.1, 0.15) is 0 Å². The number of anilines is 2. The Balaban J connectivity index is 1.58. The van der Waals surface area contributed by atoms with Gasteiger partial charge >= 0.3 is 0 Å². The van der Waals surface area contributed by atoms with Crippen molar-refractivity contribution in [2.45, 2.75) is 0 Å². The highest BCUT2D eigenvalue weighted by molar-refractivity contribution is 7.16. The van der Waals surface area contributed by atoms with Gasteiger partial charge in [-0.25, -0.2) is 4.98 Å². The van der Waals surface area contributed by atoms with Gasteiger partial charge in [0, 0.05) is 37.3 Å². The Morgan fingerprint density at radius 2 is 1.96 bits per heavy atom. The van der Waals surface area contributed by atoms with Crippen molar-refractivity contribution in [3.63, 3.8) is 0 Å². The van der Waals surface area contributed by atoms with Gasteiger partial charge in [-0.2, -0.15) is 0 Å². The molecule has 4 heterocycles. The number of nitrogens with zero attached hydrogens (tertiary/aromatic N) is 3. The smallest absolute Gasteiger partial charge is 0.262 e. The van der Waals surface area contributed by atoms with Crippen LogP contribution in [0, 0.1) is 0 Å². The molecular formula is C19H20N6OS. The average Bonchev–Trinajstić information content (AvgIpc) is 3.28. The summed E-state index contributed by atoms with van der Waals surface area (Å²) in [5.74, 6) is 0.507. The molecule has 1 aromatic carbocycles. The summed E-state index contributed by atoms with van der Waals surface area (Å²) in [5, 5.41) is 2.77. The summed E-state index contributed by atoms with van der Waals surface area (Å²) < 4.78 is 0. The third-order valence-corrected chi connectivity index (χ3v) is 6.08. The summed E-state index contributed by atoms with van der Waals surface area (Å²) in [7, 11) is 2.15. The number of thiophene rings is 1. The SMILES string of the molecule is CN1CCN(c2ccc3[nH]c(-c4c(N)c5ccsc5[nH]c4=O)nc3c2)CC1. The molecule has 0 bridgehead atoms. The maximum Gasteiger partial charge on any atom is 0.262 e. The molecule has 8 heteroatoms. The van der Waals surface area contributed by atoms with Crippen LogP contribution in [0.4, 0.5) is 11.4 Å². The highest BCUT2D eigenvalue weighted by atomic mass is 32.1. The van der Waals surface area contributed by atoms with Crippen molar-refractivity contribution in [2.24, 2.45) is 0 Å². The molecular weight excluding hydrogens is 360 g/mol. The van der Waals surface area contributed by atoms with Gasteiger partial charge in [0.15, 0.2) is 0 Å². The van der Waals surface area contributed by atoms with Gasteiger partial charge in [0.1, 0.15) is 16.2 Å². The van der Waals surface area contributed by atoms with Crippen molar-refractivity contribution in [2.75, 3.05) is 43.9 Å². The molecule has 1 fully saturated rings. The number of hydrogen-bond acceptors (Lipinski definition) is 6. The second-order valence-corrected chi connectivity index (χ2v) is 7.90. The summed E-state index contributed by atoms with van der Waals surface area (Å²) in [5.41, 5.74) is 9.83. The van der Waals surface area contributed by atoms with E-state index in [1.807, 2.05) is 17.5 Å². The molecule has 27 heavy (non-hydrogen) atoms. The minimum absolute atomic E-state index is 0.221. The maximum atomic E-state index is 12.6. The molecule has 0 atom stereocenters. The van der Waals surface area contributed by atoms with E-state index in [4.69, 9.17) is 5.73 Å². The molecule has 0 spiro atoms. The van der Waals surface area contributed by atoms with Gasteiger partial charge in [0.05, 0.1) is 16.7 Å². The molecule has 7 nitrogen and oxygen atoms in total. The van der Waals surface area contributed by atoms with Crippen molar-refractivity contribution in [3.05, 3.63) is 40.0 Å². The van der Waals surface area contributed by atoms with Crippen LogP contribution in [-0.2, 0) is 0 Å². The number of nitrogens with two attached hydrogens (primary N) is 1. The molecule has 1 saturated heterocycles. The minimum Gasteiger partial charge on any atom is -0.397 e. The molecule has 0 amide bonds. The van der Waals surface area contributed by atoms with E-state index >= 15 is 0 Å². The molecule has 1 aliphatic rings. The third kappa shape index (κ3) is 2.68. The molecule has 0 aliphatic carbocycles. The fourth-order valence-corrected chi connectivity index (χ4v) is 4.45. The van der Waals surface area contributed by atoms with Crippen LogP contribution in [0.5, 0.6) is 0 Å². The molecule has 3 aromatic heterocycles. The van der Waals surface area contributed by atoms with Gasteiger partial charge in [0.25, 0.3) is 5.56 Å². The Kier molecular flexibility index (Phi) is 3.70. The number of imidazole rings is 1. The van der Waals surface area contributed by atoms with Crippen molar-refractivity contribution in [1.29, 1.82) is 0 Å². The van der Waals surface area contributed by atoms with Gasteiger partial charge in [-0.05, 0) is 36.7 Å². The Hall–Kier alpha value is -2.84. The molecule has 138 valence electrons. The Labute approximate surface area is 159 Å². The summed E-state index contributed by atoms with van der Waals surface area (Å²) in [6.45, 7) is 4.11. The molecule has 0 saturated carbocycles. The van der Waals surface area contributed by atoms with Crippen molar-refractivity contribution in [1.82, 2.24) is 19.9 Å². The Morgan fingerprint density at radius 1 is 1.15 bits per heavy atom. The third-order valence-electron chi connectivity index (χ3n) is 5.25. The van der Waals surface area contributed by atoms with Gasteiger partial charge < -0.3 is 25.5 Å². The van der Waals surface area contributed by atoms with Gasteiger partial charge in [-0.3, -0.25) is 4.79 Å². The molecule has 0 radical (unpaired) electrons. The van der Waals surface area contributed by atoms with E-state index in [1.54, 1.807) is 0 Å². The number of nitrogens with one attached hydrogen (secondary N) is 2. The van der Waals surface area contributed by atoms with Gasteiger partial charge in [-0.1, -0.05) is 0 Å². The highest BCUT2D eigenvalue weighted by Crippen LogP contribution is 2.31. The number of pyridine rings is 1. The van der Waals surface area contributed by atoms with Crippen LogP contribution in [0.2, 0.25) is 0 Å². The van der Waals surface area contributed by atoms with Gasteiger partial charge in [0.2, 0.25) is 0 Å². The molecule has 4 aromatic rings. The van der Waals surface area contributed by atoms with E-state index in [0.717, 1.165) is 53.1 Å². The number of hydrogen-bond donors (Lipinski definition) is 3. The fraction of sp³-hybridized carbons (Fsp3) is 0.263. The number of aromatic amines is 2. The second kappa shape index (κ2) is 6.11. The first-order valence-corrected chi connectivity index (χ1v) is 9.81. The van der Waals surface area contributed by atoms with E-state index in [2.05, 4.69) is 43.9 Å². The first-order valence-electron chi connectivity index (χ1n) is 8.93. The Bertz CT molecular complexity index is 1200. The topological polar surface area (TPSA) is 94.0 Å². The predicted molar refractivity (Wildman–Crippen MR) is 112 cm³/mol. The zero-order valence-corrected chi connectivity index (χ0v) is 15.8. The quantitative estimate of drug-likeness (QED) is 0.497. The van der Waals surface area contributed by atoms with Crippen molar-refractivity contribution in [3.8, 4) is 11.4 Å². The number of benzene rings is 1. The zero-order valence-electron chi connectivity index (χ0n) is 15.0. The number of piperazine rings is 1. The molecule has 0 unspecified atom stereocenters. The van der Waals surface area contributed by atoms with E-state index in [9.17, 15) is 4.79 Å². The lowest BCUT2D eigenvalue weighted by Gasteiger charge is -2.34. The normalized spacial score (nSPS) is 15.8. The van der Waals surface area contributed by atoms with Crippen molar-refractivity contribution < 1.29 is 0 Å². The van der Waals surface area contributed by atoms with Crippen LogP contribution in [0.25, 0.3) is 32.6 Å². The maximum absolute atomic E-state index is 12.6. The first-order chi connectivity index (χ1) is 13.1. The second-order valence-electron chi connectivity index (χ2n) is 6.98. The van der Waals surface area contributed by atoms with Crippen molar-refractivity contribution >= 4 is 44.0 Å². The molecule has 4 N–H and O–H groups in total. The lowest BCUT2D eigenvalue weighted by atomic mass is 10.2. The highest BCUT2D eigenvalue weighted by Gasteiger charge is 2.18. The summed E-state index contributed by atoms with van der Waals surface area (Å²) in [6, 6.07) is 8.12. The minimum atomic E-state index is -0.221. The monoisotopic (exact) mass is 380 g/mol. The largest absolute Gasteiger partial charge is 0.397 e.